The molecular formula is C16H28N4O. The number of guanidine groups is 1. The van der Waals surface area contributed by atoms with Crippen LogP contribution in [0.25, 0.3) is 0 Å². The van der Waals surface area contributed by atoms with Crippen LogP contribution in [0, 0.1) is 0 Å². The van der Waals surface area contributed by atoms with E-state index in [0.29, 0.717) is 12.6 Å². The summed E-state index contributed by atoms with van der Waals surface area (Å²) in [4.78, 5) is 9.58. The zero-order chi connectivity index (χ0) is 14.7. The third-order valence-corrected chi connectivity index (χ3v) is 4.97. The summed E-state index contributed by atoms with van der Waals surface area (Å²) in [5.74, 6) is 0.979. The topological polar surface area (TPSA) is 51.1 Å². The van der Waals surface area contributed by atoms with Crippen molar-refractivity contribution >= 4 is 5.96 Å². The number of nitrogens with one attached hydrogen (secondary N) is 1. The fourth-order valence-electron chi connectivity index (χ4n) is 3.42. The number of hydrogen-bond acceptors (Lipinski definition) is 3. The van der Waals surface area contributed by atoms with Crippen LogP contribution in [0.5, 0.6) is 0 Å². The molecule has 0 bridgehead atoms. The van der Waals surface area contributed by atoms with Crippen molar-refractivity contribution < 1.29 is 5.11 Å². The van der Waals surface area contributed by atoms with Gasteiger partial charge in [0, 0.05) is 38.8 Å². The molecule has 2 aliphatic heterocycles. The van der Waals surface area contributed by atoms with Gasteiger partial charge in [0.05, 0.1) is 12.1 Å². The molecule has 1 saturated heterocycles. The summed E-state index contributed by atoms with van der Waals surface area (Å²) in [6, 6.07) is 0.635. The fourth-order valence-corrected chi connectivity index (χ4v) is 3.42. The smallest absolute Gasteiger partial charge is 0.194 e. The second kappa shape index (κ2) is 6.36. The van der Waals surface area contributed by atoms with E-state index < -0.39 is 5.60 Å². The van der Waals surface area contributed by atoms with Crippen molar-refractivity contribution in [2.24, 2.45) is 4.99 Å². The summed E-state index contributed by atoms with van der Waals surface area (Å²) in [6.45, 7) is 7.81. The highest BCUT2D eigenvalue weighted by molar-refractivity contribution is 5.80. The van der Waals surface area contributed by atoms with Crippen LogP contribution in [0.3, 0.4) is 0 Å². The summed E-state index contributed by atoms with van der Waals surface area (Å²) < 4.78 is 0. The molecule has 3 aliphatic rings. The molecular weight excluding hydrogens is 264 g/mol. The molecule has 0 spiro atoms. The van der Waals surface area contributed by atoms with E-state index in [1.807, 2.05) is 0 Å². The highest BCUT2D eigenvalue weighted by Gasteiger charge is 2.35. The van der Waals surface area contributed by atoms with Crippen molar-refractivity contribution in [3.8, 4) is 0 Å². The number of nitrogens with zero attached hydrogens (tertiary/aromatic N) is 3. The third-order valence-electron chi connectivity index (χ3n) is 4.97. The number of aliphatic hydroxyl groups is 1. The van der Waals surface area contributed by atoms with Crippen LogP contribution in [-0.2, 0) is 0 Å². The minimum Gasteiger partial charge on any atom is -0.388 e. The lowest BCUT2D eigenvalue weighted by Gasteiger charge is -2.35. The van der Waals surface area contributed by atoms with Crippen molar-refractivity contribution in [2.75, 3.05) is 39.3 Å². The fraction of sp³-hybridized carbons (Fsp3) is 0.812. The molecule has 0 aromatic rings. The molecule has 1 atom stereocenters. The van der Waals surface area contributed by atoms with Crippen molar-refractivity contribution in [3.05, 3.63) is 12.2 Å². The monoisotopic (exact) mass is 292 g/mol. The van der Waals surface area contributed by atoms with E-state index in [0.717, 1.165) is 57.9 Å². The highest BCUT2D eigenvalue weighted by Crippen LogP contribution is 2.31. The van der Waals surface area contributed by atoms with Gasteiger partial charge in [-0.1, -0.05) is 12.2 Å². The first-order valence-electron chi connectivity index (χ1n) is 8.35. The second-order valence-electron chi connectivity index (χ2n) is 6.56. The molecule has 2 heterocycles. The minimum absolute atomic E-state index is 0.529. The van der Waals surface area contributed by atoms with E-state index in [1.165, 1.54) is 6.42 Å². The Morgan fingerprint density at radius 1 is 1.38 bits per heavy atom. The van der Waals surface area contributed by atoms with Crippen molar-refractivity contribution in [1.82, 2.24) is 15.1 Å². The van der Waals surface area contributed by atoms with E-state index in [9.17, 15) is 5.11 Å². The zero-order valence-corrected chi connectivity index (χ0v) is 13.1. The van der Waals surface area contributed by atoms with E-state index in [-0.39, 0.29) is 0 Å². The summed E-state index contributed by atoms with van der Waals surface area (Å²) in [5.41, 5.74) is -0.529. The van der Waals surface area contributed by atoms with Gasteiger partial charge < -0.3 is 15.3 Å². The first kappa shape index (κ1) is 14.9. The maximum Gasteiger partial charge on any atom is 0.194 e. The van der Waals surface area contributed by atoms with Gasteiger partial charge in [-0.05, 0) is 32.6 Å². The molecule has 2 N–H and O–H groups in total. The lowest BCUT2D eigenvalue weighted by atomic mass is 9.80. The maximum atomic E-state index is 10.2. The number of aliphatic imine (C=N–C) groups is 1. The van der Waals surface area contributed by atoms with E-state index in [1.54, 1.807) is 0 Å². The minimum atomic E-state index is -0.529. The molecule has 0 radical (unpaired) electrons. The van der Waals surface area contributed by atoms with Gasteiger partial charge in [0.2, 0.25) is 0 Å². The summed E-state index contributed by atoms with van der Waals surface area (Å²) in [6.07, 6.45) is 8.66. The lowest BCUT2D eigenvalue weighted by Crippen LogP contribution is -2.45. The Morgan fingerprint density at radius 3 is 2.76 bits per heavy atom. The van der Waals surface area contributed by atoms with Gasteiger partial charge in [0.1, 0.15) is 0 Å². The number of hydrogen-bond donors (Lipinski definition) is 2. The Morgan fingerprint density at radius 2 is 2.14 bits per heavy atom. The zero-order valence-electron chi connectivity index (χ0n) is 13.1. The first-order valence-corrected chi connectivity index (χ1v) is 8.35. The molecule has 1 aliphatic carbocycles. The van der Waals surface area contributed by atoms with Gasteiger partial charge in [-0.3, -0.25) is 9.89 Å². The lowest BCUT2D eigenvalue weighted by molar-refractivity contribution is -0.0237. The molecule has 1 saturated carbocycles. The Kier molecular flexibility index (Phi) is 4.50. The maximum absolute atomic E-state index is 10.2. The van der Waals surface area contributed by atoms with Crippen molar-refractivity contribution in [3.63, 3.8) is 0 Å². The van der Waals surface area contributed by atoms with Gasteiger partial charge >= 0.3 is 0 Å². The summed E-state index contributed by atoms with van der Waals surface area (Å²) >= 11 is 0. The predicted octanol–water partition coefficient (Wildman–Crippen LogP) is 0.813. The normalized spacial score (nSPS) is 29.0. The molecule has 21 heavy (non-hydrogen) atoms. The van der Waals surface area contributed by atoms with Crippen LogP contribution < -0.4 is 5.32 Å². The van der Waals surface area contributed by atoms with Crippen LogP contribution in [0.1, 0.15) is 32.6 Å². The van der Waals surface area contributed by atoms with Crippen LogP contribution in [0.2, 0.25) is 0 Å². The van der Waals surface area contributed by atoms with Crippen LogP contribution in [-0.4, -0.2) is 71.8 Å². The third kappa shape index (κ3) is 3.40. The van der Waals surface area contributed by atoms with Crippen molar-refractivity contribution in [2.45, 2.75) is 44.2 Å². The van der Waals surface area contributed by atoms with E-state index in [2.05, 4.69) is 34.2 Å². The average molecular weight is 292 g/mol. The SMILES string of the molecule is CCNC(=NCC1(O)CCC1)N1CCC(N2CC=CC2)C1. The molecule has 118 valence electrons. The molecule has 5 heteroatoms. The Labute approximate surface area is 127 Å². The molecule has 3 rings (SSSR count). The highest BCUT2D eigenvalue weighted by atomic mass is 16.3. The van der Waals surface area contributed by atoms with E-state index in [4.69, 9.17) is 4.99 Å². The van der Waals surface area contributed by atoms with Gasteiger partial charge in [-0.2, -0.15) is 0 Å². The largest absolute Gasteiger partial charge is 0.388 e. The number of likely N-dealkylation sites (tertiary alicyclic amines) is 1. The van der Waals surface area contributed by atoms with Gasteiger partial charge in [-0.15, -0.1) is 0 Å². The van der Waals surface area contributed by atoms with E-state index >= 15 is 0 Å². The standard InChI is InChI=1S/C16H28N4O/c1-2-17-15(18-13-16(21)7-5-8-16)20-11-6-14(12-20)19-9-3-4-10-19/h3-4,14,21H,2,5-13H2,1H3,(H,17,18). The Bertz CT molecular complexity index is 409. The molecule has 1 unspecified atom stereocenters. The van der Waals surface area contributed by atoms with Gasteiger partial charge in [-0.25, -0.2) is 0 Å². The van der Waals surface area contributed by atoms with Crippen molar-refractivity contribution in [1.29, 1.82) is 0 Å². The molecule has 0 aromatic carbocycles. The molecule has 5 nitrogen and oxygen atoms in total. The quantitative estimate of drug-likeness (QED) is 0.457. The second-order valence-corrected chi connectivity index (χ2v) is 6.56. The van der Waals surface area contributed by atoms with Crippen LogP contribution in [0.4, 0.5) is 0 Å². The van der Waals surface area contributed by atoms with Gasteiger partial charge in [0.15, 0.2) is 5.96 Å². The molecule has 0 amide bonds. The van der Waals surface area contributed by atoms with Gasteiger partial charge in [0.25, 0.3) is 0 Å². The molecule has 0 aromatic heterocycles. The Balaban J connectivity index is 1.57. The van der Waals surface area contributed by atoms with Crippen LogP contribution in [0.15, 0.2) is 17.1 Å². The Hall–Kier alpha value is -1.07. The molecule has 2 fully saturated rings. The number of rotatable bonds is 4. The summed E-state index contributed by atoms with van der Waals surface area (Å²) in [5, 5.41) is 13.6. The predicted molar refractivity (Wildman–Crippen MR) is 85.5 cm³/mol. The summed E-state index contributed by atoms with van der Waals surface area (Å²) in [7, 11) is 0. The first-order chi connectivity index (χ1) is 10.2. The average Bonchev–Trinajstić information content (AvgIpc) is 3.11. The van der Waals surface area contributed by atoms with Crippen LogP contribution >= 0.6 is 0 Å².